The zero-order valence-electron chi connectivity index (χ0n) is 10.3. The van der Waals surface area contributed by atoms with Crippen LogP contribution in [0.25, 0.3) is 0 Å². The number of methoxy groups -OCH3 is 1. The number of ether oxygens (including phenoxy) is 1. The number of nitrogens with one attached hydrogen (secondary N) is 1. The molecule has 1 saturated carbocycles. The fourth-order valence-electron chi connectivity index (χ4n) is 2.32. The van der Waals surface area contributed by atoms with Crippen molar-refractivity contribution in [3.8, 4) is 0 Å². The molecule has 1 heterocycles. The number of amides is 2. The molecule has 0 bridgehead atoms. The Hall–Kier alpha value is -1.26. The first kappa shape index (κ1) is 12.2. The molecule has 1 saturated heterocycles. The van der Waals surface area contributed by atoms with E-state index in [1.165, 1.54) is 13.5 Å². The van der Waals surface area contributed by atoms with E-state index in [-0.39, 0.29) is 24.0 Å². The van der Waals surface area contributed by atoms with Crippen LogP contribution in [0.1, 0.15) is 32.1 Å². The summed E-state index contributed by atoms with van der Waals surface area (Å²) in [4.78, 5) is 24.7. The molecule has 0 aromatic carbocycles. The van der Waals surface area contributed by atoms with Crippen LogP contribution >= 0.6 is 0 Å². The van der Waals surface area contributed by atoms with Gasteiger partial charge in [-0.1, -0.05) is 6.42 Å². The largest absolute Gasteiger partial charge is 0.453 e. The molecule has 2 rings (SSSR count). The maximum atomic E-state index is 11.7. The quantitative estimate of drug-likeness (QED) is 0.787. The topological polar surface area (TPSA) is 58.6 Å². The lowest BCUT2D eigenvalue weighted by molar-refractivity contribution is -0.128. The van der Waals surface area contributed by atoms with E-state index in [4.69, 9.17) is 0 Å². The van der Waals surface area contributed by atoms with Crippen molar-refractivity contribution >= 4 is 12.0 Å². The van der Waals surface area contributed by atoms with Crippen LogP contribution < -0.4 is 5.32 Å². The van der Waals surface area contributed by atoms with E-state index in [1.807, 2.05) is 0 Å². The smallest absolute Gasteiger partial charge is 0.409 e. The second kappa shape index (κ2) is 5.38. The van der Waals surface area contributed by atoms with E-state index in [0.29, 0.717) is 13.1 Å². The first-order chi connectivity index (χ1) is 8.20. The summed E-state index contributed by atoms with van der Waals surface area (Å²) >= 11 is 0. The number of carbonyl (C=O) groups is 2. The molecule has 96 valence electrons. The Kier molecular flexibility index (Phi) is 3.86. The first-order valence-corrected chi connectivity index (χ1v) is 6.34. The number of piperidine rings is 1. The van der Waals surface area contributed by atoms with Crippen molar-refractivity contribution in [1.82, 2.24) is 10.2 Å². The normalized spacial score (nSPS) is 21.8. The number of likely N-dealkylation sites (tertiary alicyclic amines) is 1. The molecular weight excluding hydrogens is 220 g/mol. The van der Waals surface area contributed by atoms with E-state index in [0.717, 1.165) is 25.7 Å². The zero-order chi connectivity index (χ0) is 12.3. The molecule has 0 unspecified atom stereocenters. The third-order valence-corrected chi connectivity index (χ3v) is 3.75. The van der Waals surface area contributed by atoms with Crippen molar-refractivity contribution in [2.45, 2.75) is 38.1 Å². The average molecular weight is 240 g/mol. The lowest BCUT2D eigenvalue weighted by atomic mass is 9.84. The molecule has 0 atom stereocenters. The Morgan fingerprint density at radius 2 is 1.82 bits per heavy atom. The lowest BCUT2D eigenvalue weighted by Gasteiger charge is -2.33. The van der Waals surface area contributed by atoms with E-state index < -0.39 is 0 Å². The molecule has 0 spiro atoms. The third-order valence-electron chi connectivity index (χ3n) is 3.75. The summed E-state index contributed by atoms with van der Waals surface area (Å²) in [5.74, 6) is 0.446. The lowest BCUT2D eigenvalue weighted by Crippen LogP contribution is -2.48. The summed E-state index contributed by atoms with van der Waals surface area (Å²) in [6.07, 6.45) is 4.63. The van der Waals surface area contributed by atoms with E-state index >= 15 is 0 Å². The Labute approximate surface area is 101 Å². The van der Waals surface area contributed by atoms with Gasteiger partial charge >= 0.3 is 6.09 Å². The highest BCUT2D eigenvalue weighted by atomic mass is 16.5. The summed E-state index contributed by atoms with van der Waals surface area (Å²) in [6.45, 7) is 1.34. The molecule has 2 amide bonds. The van der Waals surface area contributed by atoms with Crippen molar-refractivity contribution in [2.75, 3.05) is 20.2 Å². The Morgan fingerprint density at radius 1 is 1.18 bits per heavy atom. The minimum Gasteiger partial charge on any atom is -0.453 e. The molecule has 0 aromatic rings. The van der Waals surface area contributed by atoms with E-state index in [1.54, 1.807) is 4.90 Å². The number of hydrogen-bond acceptors (Lipinski definition) is 3. The fraction of sp³-hybridized carbons (Fsp3) is 0.833. The molecule has 2 aliphatic rings. The van der Waals surface area contributed by atoms with E-state index in [9.17, 15) is 9.59 Å². The highest BCUT2D eigenvalue weighted by Gasteiger charge is 2.29. The third kappa shape index (κ3) is 2.90. The Bertz CT molecular complexity index is 294. The second-order valence-electron chi connectivity index (χ2n) is 4.87. The summed E-state index contributed by atoms with van der Waals surface area (Å²) in [6, 6.07) is 0.226. The Balaban J connectivity index is 1.71. The van der Waals surface area contributed by atoms with Gasteiger partial charge in [-0.15, -0.1) is 0 Å². The summed E-state index contributed by atoms with van der Waals surface area (Å²) in [5.41, 5.74) is 0. The number of hydrogen-bond donors (Lipinski definition) is 1. The van der Waals surface area contributed by atoms with Gasteiger partial charge in [0.15, 0.2) is 0 Å². The second-order valence-corrected chi connectivity index (χ2v) is 4.87. The van der Waals surface area contributed by atoms with Crippen molar-refractivity contribution < 1.29 is 14.3 Å². The van der Waals surface area contributed by atoms with Crippen LogP contribution in [0.3, 0.4) is 0 Å². The minimum absolute atomic E-state index is 0.202. The van der Waals surface area contributed by atoms with Gasteiger partial charge in [0.2, 0.25) is 5.91 Å². The van der Waals surface area contributed by atoms with Crippen LogP contribution in [0.15, 0.2) is 0 Å². The zero-order valence-corrected chi connectivity index (χ0v) is 10.3. The molecule has 0 radical (unpaired) electrons. The van der Waals surface area contributed by atoms with Crippen LogP contribution in [-0.2, 0) is 9.53 Å². The molecule has 1 aliphatic heterocycles. The average Bonchev–Trinajstić information content (AvgIpc) is 2.26. The van der Waals surface area contributed by atoms with E-state index in [2.05, 4.69) is 10.1 Å². The summed E-state index contributed by atoms with van der Waals surface area (Å²) in [5, 5.41) is 3.08. The van der Waals surface area contributed by atoms with Gasteiger partial charge in [-0.05, 0) is 25.7 Å². The van der Waals surface area contributed by atoms with Gasteiger partial charge in [-0.2, -0.15) is 0 Å². The van der Waals surface area contributed by atoms with Gasteiger partial charge in [0, 0.05) is 25.0 Å². The van der Waals surface area contributed by atoms with Gasteiger partial charge in [0.25, 0.3) is 0 Å². The van der Waals surface area contributed by atoms with Crippen molar-refractivity contribution in [3.63, 3.8) is 0 Å². The Morgan fingerprint density at radius 3 is 2.29 bits per heavy atom. The van der Waals surface area contributed by atoms with Crippen LogP contribution in [0, 0.1) is 5.92 Å². The van der Waals surface area contributed by atoms with Gasteiger partial charge in [0.1, 0.15) is 0 Å². The predicted molar refractivity (Wildman–Crippen MR) is 62.5 cm³/mol. The van der Waals surface area contributed by atoms with Crippen LogP contribution in [-0.4, -0.2) is 43.1 Å². The molecule has 1 aliphatic carbocycles. The van der Waals surface area contributed by atoms with Crippen molar-refractivity contribution in [3.05, 3.63) is 0 Å². The monoisotopic (exact) mass is 240 g/mol. The van der Waals surface area contributed by atoms with Crippen LogP contribution in [0.5, 0.6) is 0 Å². The maximum absolute atomic E-state index is 11.7. The molecule has 5 heteroatoms. The van der Waals surface area contributed by atoms with Crippen molar-refractivity contribution in [1.29, 1.82) is 0 Å². The van der Waals surface area contributed by atoms with Crippen LogP contribution in [0.2, 0.25) is 0 Å². The highest BCUT2D eigenvalue weighted by molar-refractivity contribution is 5.79. The van der Waals surface area contributed by atoms with Gasteiger partial charge in [-0.25, -0.2) is 4.79 Å². The molecule has 17 heavy (non-hydrogen) atoms. The first-order valence-electron chi connectivity index (χ1n) is 6.34. The SMILES string of the molecule is COC(=O)N1CCC(NC(=O)C2CCC2)CC1. The van der Waals surface area contributed by atoms with Gasteiger partial charge < -0.3 is 15.0 Å². The molecule has 2 fully saturated rings. The summed E-state index contributed by atoms with van der Waals surface area (Å²) in [7, 11) is 1.40. The maximum Gasteiger partial charge on any atom is 0.409 e. The summed E-state index contributed by atoms with van der Waals surface area (Å²) < 4.78 is 4.67. The standard InChI is InChI=1S/C12H20N2O3/c1-17-12(16)14-7-5-10(6-8-14)13-11(15)9-3-2-4-9/h9-10H,2-8H2,1H3,(H,13,15). The van der Waals surface area contributed by atoms with Crippen LogP contribution in [0.4, 0.5) is 4.79 Å². The molecular formula is C12H20N2O3. The van der Waals surface area contributed by atoms with Gasteiger partial charge in [0.05, 0.1) is 7.11 Å². The number of carbonyl (C=O) groups excluding carboxylic acids is 2. The highest BCUT2D eigenvalue weighted by Crippen LogP contribution is 2.26. The predicted octanol–water partition coefficient (Wildman–Crippen LogP) is 1.13. The molecule has 5 nitrogen and oxygen atoms in total. The molecule has 0 aromatic heterocycles. The minimum atomic E-state index is -0.270. The van der Waals surface area contributed by atoms with Crippen molar-refractivity contribution in [2.24, 2.45) is 5.92 Å². The fourth-order valence-corrected chi connectivity index (χ4v) is 2.32. The molecule has 1 N–H and O–H groups in total. The number of rotatable bonds is 2. The number of nitrogens with zero attached hydrogens (tertiary/aromatic N) is 1. The van der Waals surface area contributed by atoms with Gasteiger partial charge in [-0.3, -0.25) is 4.79 Å².